The highest BCUT2D eigenvalue weighted by Gasteiger charge is 2.36. The number of ether oxygens (including phenoxy) is 1. The summed E-state index contributed by atoms with van der Waals surface area (Å²) in [5.74, 6) is -0.257. The molecule has 1 N–H and O–H groups in total. The number of thiazole rings is 1. The normalized spacial score (nSPS) is 22.5. The molecule has 2 aliphatic rings. The van der Waals surface area contributed by atoms with Gasteiger partial charge in [-0.25, -0.2) is 4.98 Å². The lowest BCUT2D eigenvalue weighted by atomic mass is 9.67. The summed E-state index contributed by atoms with van der Waals surface area (Å²) in [5, 5.41) is 4.49. The zero-order chi connectivity index (χ0) is 14.9. The van der Waals surface area contributed by atoms with Gasteiger partial charge in [-0.1, -0.05) is 13.3 Å². The number of fused-ring (bicyclic) bond motifs is 1. The summed E-state index contributed by atoms with van der Waals surface area (Å²) in [4.78, 5) is 17.9. The van der Waals surface area contributed by atoms with E-state index in [4.69, 9.17) is 4.74 Å². The summed E-state index contributed by atoms with van der Waals surface area (Å²) in [7, 11) is 0. The maximum Gasteiger partial charge on any atom is 0.315 e. The predicted octanol–water partition coefficient (Wildman–Crippen LogP) is 3.73. The lowest BCUT2D eigenvalue weighted by Gasteiger charge is -2.41. The fourth-order valence-electron chi connectivity index (χ4n) is 3.37. The topological polar surface area (TPSA) is 51.2 Å². The Morgan fingerprint density at radius 3 is 2.90 bits per heavy atom. The minimum absolute atomic E-state index is 0.114. The second kappa shape index (κ2) is 5.95. The molecule has 0 saturated heterocycles. The molecular formula is C16H24N2O2S. The number of carbonyl (C=O) groups is 1. The zero-order valence-electron chi connectivity index (χ0n) is 12.9. The molecule has 1 atom stereocenters. The quantitative estimate of drug-likeness (QED) is 0.814. The molecule has 1 saturated carbocycles. The summed E-state index contributed by atoms with van der Waals surface area (Å²) in [5.41, 5.74) is 1.44. The van der Waals surface area contributed by atoms with Crippen LogP contribution in [0.1, 0.15) is 62.4 Å². The Labute approximate surface area is 130 Å². The lowest BCUT2D eigenvalue weighted by Crippen LogP contribution is -2.35. The van der Waals surface area contributed by atoms with Crippen LogP contribution >= 0.6 is 11.3 Å². The third-order valence-corrected chi connectivity index (χ3v) is 6.16. The predicted molar refractivity (Wildman–Crippen MR) is 84.9 cm³/mol. The van der Waals surface area contributed by atoms with E-state index < -0.39 is 0 Å². The van der Waals surface area contributed by atoms with Crippen LogP contribution in [0.15, 0.2) is 0 Å². The minimum Gasteiger partial charge on any atom is -0.465 e. The molecule has 5 heteroatoms. The summed E-state index contributed by atoms with van der Waals surface area (Å²) in [6.45, 7) is 5.59. The first-order chi connectivity index (χ1) is 10.2. The Kier molecular flexibility index (Phi) is 4.20. The standard InChI is InChI=1S/C16H24N2O2S/c1-3-16(8-5-9-16)10-17-15-18-13-11(14(19)20-4-2)6-7-12(13)21-15/h11H,3-10H2,1-2H3,(H,17,18). The molecule has 1 aromatic rings. The Bertz CT molecular complexity index is 517. The van der Waals surface area contributed by atoms with Gasteiger partial charge in [0.25, 0.3) is 0 Å². The van der Waals surface area contributed by atoms with Crippen LogP contribution < -0.4 is 5.32 Å². The summed E-state index contributed by atoms with van der Waals surface area (Å²) < 4.78 is 5.16. The molecule has 116 valence electrons. The number of nitrogens with one attached hydrogen (secondary N) is 1. The smallest absolute Gasteiger partial charge is 0.315 e. The molecule has 0 aliphatic heterocycles. The Hall–Kier alpha value is -1.10. The molecule has 3 rings (SSSR count). The third-order valence-electron chi connectivity index (χ3n) is 5.07. The van der Waals surface area contributed by atoms with Gasteiger partial charge in [0.15, 0.2) is 5.13 Å². The molecule has 0 spiro atoms. The van der Waals surface area contributed by atoms with Gasteiger partial charge in [0, 0.05) is 11.4 Å². The van der Waals surface area contributed by atoms with E-state index in [1.165, 1.54) is 30.6 Å². The molecule has 1 heterocycles. The fourth-order valence-corrected chi connectivity index (χ4v) is 4.40. The summed E-state index contributed by atoms with van der Waals surface area (Å²) >= 11 is 1.72. The molecule has 4 nitrogen and oxygen atoms in total. The highest BCUT2D eigenvalue weighted by molar-refractivity contribution is 7.15. The monoisotopic (exact) mass is 308 g/mol. The number of carbonyl (C=O) groups excluding carboxylic acids is 1. The van der Waals surface area contributed by atoms with Crippen molar-refractivity contribution in [3.63, 3.8) is 0 Å². The van der Waals surface area contributed by atoms with Crippen molar-refractivity contribution in [1.29, 1.82) is 0 Å². The van der Waals surface area contributed by atoms with Gasteiger partial charge in [-0.3, -0.25) is 4.79 Å². The Morgan fingerprint density at radius 1 is 1.48 bits per heavy atom. The third kappa shape index (κ3) is 2.80. The number of anilines is 1. The van der Waals surface area contributed by atoms with Gasteiger partial charge in [-0.15, -0.1) is 11.3 Å². The van der Waals surface area contributed by atoms with Crippen molar-refractivity contribution in [2.24, 2.45) is 5.41 Å². The van der Waals surface area contributed by atoms with E-state index in [0.29, 0.717) is 12.0 Å². The van der Waals surface area contributed by atoms with Crippen LogP contribution in [0.4, 0.5) is 5.13 Å². The van der Waals surface area contributed by atoms with Crippen LogP contribution in [0.25, 0.3) is 0 Å². The number of nitrogens with zero attached hydrogens (tertiary/aromatic N) is 1. The molecule has 0 amide bonds. The van der Waals surface area contributed by atoms with E-state index in [0.717, 1.165) is 30.2 Å². The number of hydrogen-bond donors (Lipinski definition) is 1. The molecule has 0 aromatic carbocycles. The minimum atomic E-state index is -0.143. The van der Waals surface area contributed by atoms with Gasteiger partial charge >= 0.3 is 5.97 Å². The first-order valence-electron chi connectivity index (χ1n) is 8.07. The van der Waals surface area contributed by atoms with E-state index in [2.05, 4.69) is 17.2 Å². The van der Waals surface area contributed by atoms with Crippen LogP contribution in [0.3, 0.4) is 0 Å². The highest BCUT2D eigenvalue weighted by atomic mass is 32.1. The van der Waals surface area contributed by atoms with Gasteiger partial charge in [-0.05, 0) is 44.4 Å². The van der Waals surface area contributed by atoms with Crippen molar-refractivity contribution in [2.75, 3.05) is 18.5 Å². The Morgan fingerprint density at radius 2 is 2.29 bits per heavy atom. The number of aromatic nitrogens is 1. The van der Waals surface area contributed by atoms with Crippen molar-refractivity contribution in [2.45, 2.75) is 58.3 Å². The van der Waals surface area contributed by atoms with Crippen LogP contribution in [0, 0.1) is 5.41 Å². The first kappa shape index (κ1) is 14.8. The second-order valence-corrected chi connectivity index (χ2v) is 7.32. The summed E-state index contributed by atoms with van der Waals surface area (Å²) in [6.07, 6.45) is 7.05. The van der Waals surface area contributed by atoms with Gasteiger partial charge in [0.1, 0.15) is 5.92 Å². The molecular weight excluding hydrogens is 284 g/mol. The van der Waals surface area contributed by atoms with E-state index in [-0.39, 0.29) is 11.9 Å². The van der Waals surface area contributed by atoms with Gasteiger partial charge in [0.05, 0.1) is 12.3 Å². The molecule has 1 fully saturated rings. The largest absolute Gasteiger partial charge is 0.465 e. The van der Waals surface area contributed by atoms with Crippen molar-refractivity contribution in [3.05, 3.63) is 10.6 Å². The SMILES string of the molecule is CCOC(=O)C1CCc2sc(NCC3(CC)CCC3)nc21. The van der Waals surface area contributed by atoms with Crippen LogP contribution in [0.5, 0.6) is 0 Å². The van der Waals surface area contributed by atoms with Crippen LogP contribution in [-0.4, -0.2) is 24.1 Å². The molecule has 2 aliphatic carbocycles. The summed E-state index contributed by atoms with van der Waals surface area (Å²) in [6, 6.07) is 0. The van der Waals surface area contributed by atoms with E-state index in [1.807, 2.05) is 6.92 Å². The molecule has 1 aromatic heterocycles. The van der Waals surface area contributed by atoms with Crippen molar-refractivity contribution in [1.82, 2.24) is 4.98 Å². The first-order valence-corrected chi connectivity index (χ1v) is 8.89. The van der Waals surface area contributed by atoms with Gasteiger partial charge in [0.2, 0.25) is 0 Å². The molecule has 21 heavy (non-hydrogen) atoms. The molecule has 1 unspecified atom stereocenters. The fraction of sp³-hybridized carbons (Fsp3) is 0.750. The van der Waals surface area contributed by atoms with Crippen molar-refractivity contribution in [3.8, 4) is 0 Å². The van der Waals surface area contributed by atoms with Gasteiger partial charge < -0.3 is 10.1 Å². The van der Waals surface area contributed by atoms with Crippen LogP contribution in [0.2, 0.25) is 0 Å². The molecule has 0 bridgehead atoms. The molecule has 0 radical (unpaired) electrons. The van der Waals surface area contributed by atoms with Crippen LogP contribution in [-0.2, 0) is 16.0 Å². The number of aryl methyl sites for hydroxylation is 1. The van der Waals surface area contributed by atoms with E-state index in [1.54, 1.807) is 11.3 Å². The zero-order valence-corrected chi connectivity index (χ0v) is 13.7. The van der Waals surface area contributed by atoms with Crippen molar-refractivity contribution < 1.29 is 9.53 Å². The van der Waals surface area contributed by atoms with E-state index >= 15 is 0 Å². The number of esters is 1. The van der Waals surface area contributed by atoms with Gasteiger partial charge in [-0.2, -0.15) is 0 Å². The average molecular weight is 308 g/mol. The number of hydrogen-bond acceptors (Lipinski definition) is 5. The second-order valence-electron chi connectivity index (χ2n) is 6.23. The maximum atomic E-state index is 12.0. The maximum absolute atomic E-state index is 12.0. The number of rotatable bonds is 6. The lowest BCUT2D eigenvalue weighted by molar-refractivity contribution is -0.145. The average Bonchev–Trinajstić information content (AvgIpc) is 2.97. The Balaban J connectivity index is 1.64. The highest BCUT2D eigenvalue weighted by Crippen LogP contribution is 2.44. The van der Waals surface area contributed by atoms with Crippen molar-refractivity contribution >= 4 is 22.4 Å². The van der Waals surface area contributed by atoms with E-state index in [9.17, 15) is 4.79 Å².